The number of hydrogen-bond acceptors (Lipinski definition) is 2. The number of halogens is 1. The third-order valence-electron chi connectivity index (χ3n) is 5.25. The highest BCUT2D eigenvalue weighted by atomic mass is 35.5. The topological polar surface area (TPSA) is 52.6 Å². The monoisotopic (exact) mass is 377 g/mol. The van der Waals surface area contributed by atoms with E-state index in [1.54, 1.807) is 17.0 Å². The number of nitrogens with one attached hydrogen (secondary N) is 1. The molecule has 2 fully saturated rings. The quantitative estimate of drug-likeness (QED) is 0.838. The van der Waals surface area contributed by atoms with E-state index in [0.717, 1.165) is 32.4 Å². The Labute approximate surface area is 160 Å². The second-order valence-corrected chi connectivity index (χ2v) is 9.16. The van der Waals surface area contributed by atoms with Gasteiger partial charge in [-0.05, 0) is 36.8 Å². The highest BCUT2D eigenvalue weighted by Gasteiger charge is 2.49. The van der Waals surface area contributed by atoms with E-state index in [-0.39, 0.29) is 17.4 Å². The number of para-hydroxylation sites is 1. The van der Waals surface area contributed by atoms with Crippen LogP contribution < -0.4 is 5.32 Å². The van der Waals surface area contributed by atoms with Crippen molar-refractivity contribution in [3.63, 3.8) is 0 Å². The van der Waals surface area contributed by atoms with Gasteiger partial charge in [0, 0.05) is 26.2 Å². The molecule has 1 N–H and O–H groups in total. The first-order valence-corrected chi connectivity index (χ1v) is 9.68. The van der Waals surface area contributed by atoms with Crippen molar-refractivity contribution in [1.29, 1.82) is 0 Å². The number of carbonyl (C=O) groups excluding carboxylic acids is 2. The Kier molecular flexibility index (Phi) is 5.20. The van der Waals surface area contributed by atoms with E-state index in [2.05, 4.69) is 26.1 Å². The largest absolute Gasteiger partial charge is 0.342 e. The third kappa shape index (κ3) is 3.98. The van der Waals surface area contributed by atoms with E-state index in [1.807, 2.05) is 17.0 Å². The summed E-state index contributed by atoms with van der Waals surface area (Å²) in [5, 5.41) is 3.38. The van der Waals surface area contributed by atoms with Crippen LogP contribution in [0.15, 0.2) is 24.3 Å². The predicted molar refractivity (Wildman–Crippen MR) is 104 cm³/mol. The number of nitrogens with zero attached hydrogens (tertiary/aromatic N) is 2. The van der Waals surface area contributed by atoms with Crippen molar-refractivity contribution in [3.8, 4) is 0 Å². The lowest BCUT2D eigenvalue weighted by Gasteiger charge is -2.41. The van der Waals surface area contributed by atoms with Gasteiger partial charge in [-0.1, -0.05) is 44.5 Å². The minimum atomic E-state index is -0.415. The predicted octanol–water partition coefficient (Wildman–Crippen LogP) is 4.23. The molecule has 0 aliphatic carbocycles. The maximum absolute atomic E-state index is 13.2. The Hall–Kier alpha value is -1.75. The van der Waals surface area contributed by atoms with Crippen molar-refractivity contribution in [3.05, 3.63) is 29.3 Å². The zero-order valence-electron chi connectivity index (χ0n) is 15.8. The first kappa shape index (κ1) is 19.0. The molecule has 2 aliphatic rings. The molecular formula is C20H28ClN3O2. The standard InChI is InChI=1S/C20H28ClN3O2/c1-19(2,3)13-23-11-6-9-20(17(23)25)10-12-24(14-20)18(26)22-16-8-5-4-7-15(16)21/h4-5,7-8H,6,9-14H2,1-3H3,(H,22,26). The van der Waals surface area contributed by atoms with Crippen molar-refractivity contribution in [2.24, 2.45) is 10.8 Å². The first-order valence-electron chi connectivity index (χ1n) is 9.30. The third-order valence-corrected chi connectivity index (χ3v) is 5.58. The summed E-state index contributed by atoms with van der Waals surface area (Å²) < 4.78 is 0. The summed E-state index contributed by atoms with van der Waals surface area (Å²) in [7, 11) is 0. The van der Waals surface area contributed by atoms with Crippen LogP contribution in [0.25, 0.3) is 0 Å². The second kappa shape index (κ2) is 7.10. The first-order chi connectivity index (χ1) is 12.2. The molecular weight excluding hydrogens is 350 g/mol. The van der Waals surface area contributed by atoms with Crippen LogP contribution in [0.5, 0.6) is 0 Å². The molecule has 0 radical (unpaired) electrons. The van der Waals surface area contributed by atoms with E-state index in [9.17, 15) is 9.59 Å². The molecule has 3 rings (SSSR count). The van der Waals surface area contributed by atoms with Crippen LogP contribution in [-0.4, -0.2) is 47.9 Å². The minimum absolute atomic E-state index is 0.0773. The van der Waals surface area contributed by atoms with Crippen molar-refractivity contribution in [2.75, 3.05) is 31.5 Å². The van der Waals surface area contributed by atoms with Crippen LogP contribution in [0.2, 0.25) is 5.02 Å². The molecule has 1 unspecified atom stereocenters. The normalized spacial score (nSPS) is 23.6. The maximum atomic E-state index is 13.2. The van der Waals surface area contributed by atoms with E-state index in [0.29, 0.717) is 23.8 Å². The molecule has 1 spiro atoms. The zero-order valence-corrected chi connectivity index (χ0v) is 16.6. The molecule has 26 heavy (non-hydrogen) atoms. The lowest BCUT2D eigenvalue weighted by Crippen LogP contribution is -2.52. The molecule has 1 atom stereocenters. The Morgan fingerprint density at radius 1 is 1.23 bits per heavy atom. The summed E-state index contributed by atoms with van der Waals surface area (Å²) in [5.41, 5.74) is 0.263. The molecule has 2 saturated heterocycles. The Morgan fingerprint density at radius 2 is 1.96 bits per heavy atom. The highest BCUT2D eigenvalue weighted by Crippen LogP contribution is 2.41. The number of likely N-dealkylation sites (tertiary alicyclic amines) is 2. The molecule has 2 heterocycles. The van der Waals surface area contributed by atoms with Crippen LogP contribution in [0.4, 0.5) is 10.5 Å². The average molecular weight is 378 g/mol. The van der Waals surface area contributed by atoms with Gasteiger partial charge >= 0.3 is 6.03 Å². The fourth-order valence-electron chi connectivity index (χ4n) is 4.06. The molecule has 5 nitrogen and oxygen atoms in total. The van der Waals surface area contributed by atoms with Gasteiger partial charge in [0.1, 0.15) is 0 Å². The van der Waals surface area contributed by atoms with Crippen LogP contribution >= 0.6 is 11.6 Å². The van der Waals surface area contributed by atoms with Gasteiger partial charge in [0.2, 0.25) is 5.91 Å². The number of anilines is 1. The van der Waals surface area contributed by atoms with E-state index >= 15 is 0 Å². The van der Waals surface area contributed by atoms with E-state index in [4.69, 9.17) is 11.6 Å². The zero-order chi connectivity index (χ0) is 18.9. The van der Waals surface area contributed by atoms with E-state index in [1.165, 1.54) is 0 Å². The molecule has 1 aromatic carbocycles. The van der Waals surface area contributed by atoms with Crippen molar-refractivity contribution < 1.29 is 9.59 Å². The molecule has 2 aliphatic heterocycles. The Morgan fingerprint density at radius 3 is 2.65 bits per heavy atom. The van der Waals surface area contributed by atoms with Gasteiger partial charge in [0.05, 0.1) is 16.1 Å². The summed E-state index contributed by atoms with van der Waals surface area (Å²) in [4.78, 5) is 29.5. The lowest BCUT2D eigenvalue weighted by atomic mass is 9.77. The SMILES string of the molecule is CC(C)(C)CN1CCCC2(CCN(C(=O)Nc3ccccc3Cl)C2)C1=O. The number of piperidine rings is 1. The van der Waals surface area contributed by atoms with Gasteiger partial charge in [-0.3, -0.25) is 4.79 Å². The minimum Gasteiger partial charge on any atom is -0.342 e. The van der Waals surface area contributed by atoms with Gasteiger partial charge in [-0.25, -0.2) is 4.79 Å². The lowest BCUT2D eigenvalue weighted by molar-refractivity contribution is -0.146. The van der Waals surface area contributed by atoms with Gasteiger partial charge in [0.25, 0.3) is 0 Å². The molecule has 6 heteroatoms. The molecule has 3 amide bonds. The molecule has 1 aromatic rings. The van der Waals surface area contributed by atoms with Crippen LogP contribution in [0.3, 0.4) is 0 Å². The smallest absolute Gasteiger partial charge is 0.321 e. The summed E-state index contributed by atoms with van der Waals surface area (Å²) in [5.74, 6) is 0.215. The molecule has 0 aromatic heterocycles. The van der Waals surface area contributed by atoms with Gasteiger partial charge in [-0.15, -0.1) is 0 Å². The average Bonchev–Trinajstić information content (AvgIpc) is 2.98. The maximum Gasteiger partial charge on any atom is 0.321 e. The molecule has 142 valence electrons. The van der Waals surface area contributed by atoms with Crippen molar-refractivity contribution >= 4 is 29.2 Å². The van der Waals surface area contributed by atoms with Crippen LogP contribution in [-0.2, 0) is 4.79 Å². The molecule has 0 bridgehead atoms. The van der Waals surface area contributed by atoms with Gasteiger partial charge < -0.3 is 15.1 Å². The summed E-state index contributed by atoms with van der Waals surface area (Å²) in [6.07, 6.45) is 2.60. The van der Waals surface area contributed by atoms with Crippen molar-refractivity contribution in [1.82, 2.24) is 9.80 Å². The fraction of sp³-hybridized carbons (Fsp3) is 0.600. The summed E-state index contributed by atoms with van der Waals surface area (Å²) in [6.45, 7) is 9.13. The number of carbonyl (C=O) groups is 2. The van der Waals surface area contributed by atoms with E-state index < -0.39 is 5.41 Å². The number of benzene rings is 1. The summed E-state index contributed by atoms with van der Waals surface area (Å²) in [6, 6.07) is 7.01. The van der Waals surface area contributed by atoms with Gasteiger partial charge in [-0.2, -0.15) is 0 Å². The number of urea groups is 1. The summed E-state index contributed by atoms with van der Waals surface area (Å²) >= 11 is 6.13. The van der Waals surface area contributed by atoms with Crippen LogP contribution in [0.1, 0.15) is 40.0 Å². The second-order valence-electron chi connectivity index (χ2n) is 8.75. The van der Waals surface area contributed by atoms with Gasteiger partial charge in [0.15, 0.2) is 0 Å². The highest BCUT2D eigenvalue weighted by molar-refractivity contribution is 6.33. The number of amides is 3. The number of hydrogen-bond donors (Lipinski definition) is 1. The van der Waals surface area contributed by atoms with Crippen molar-refractivity contribution in [2.45, 2.75) is 40.0 Å². The fourth-order valence-corrected chi connectivity index (χ4v) is 4.24. The number of rotatable bonds is 2. The Bertz CT molecular complexity index is 701. The molecule has 0 saturated carbocycles. The van der Waals surface area contributed by atoms with Crippen LogP contribution in [0, 0.1) is 10.8 Å². The Balaban J connectivity index is 1.67.